The van der Waals surface area contributed by atoms with Crippen molar-refractivity contribution >= 4 is 29.2 Å². The Labute approximate surface area is 208 Å². The summed E-state index contributed by atoms with van der Waals surface area (Å²) in [4.78, 5) is 47.2. The van der Waals surface area contributed by atoms with E-state index in [1.54, 1.807) is 18.9 Å². The molecule has 11 nitrogen and oxygen atoms in total. The van der Waals surface area contributed by atoms with Gasteiger partial charge in [0.1, 0.15) is 23.5 Å². The Bertz CT molecular complexity index is 1370. The lowest BCUT2D eigenvalue weighted by Gasteiger charge is -2.15. The number of hydrogen-bond acceptors (Lipinski definition) is 8. The van der Waals surface area contributed by atoms with Crippen LogP contribution in [0.25, 0.3) is 0 Å². The zero-order chi connectivity index (χ0) is 26.9. The van der Waals surface area contributed by atoms with Crippen LogP contribution in [0, 0.1) is 6.92 Å². The van der Waals surface area contributed by atoms with Crippen LogP contribution in [0.5, 0.6) is 0 Å². The summed E-state index contributed by atoms with van der Waals surface area (Å²) < 4.78 is 44.5. The van der Waals surface area contributed by atoms with E-state index in [1.165, 1.54) is 25.1 Å². The third-order valence-electron chi connectivity index (χ3n) is 5.60. The highest BCUT2D eigenvalue weighted by molar-refractivity contribution is 6.02. The number of aromatic nitrogens is 3. The van der Waals surface area contributed by atoms with E-state index in [-0.39, 0.29) is 53.2 Å². The first-order valence-corrected chi connectivity index (χ1v) is 11.0. The molecule has 0 fully saturated rings. The van der Waals surface area contributed by atoms with Crippen molar-refractivity contribution < 1.29 is 32.1 Å². The summed E-state index contributed by atoms with van der Waals surface area (Å²) in [7, 11) is 1.72. The number of halogens is 3. The Morgan fingerprint density at radius 2 is 1.92 bits per heavy atom. The van der Waals surface area contributed by atoms with Crippen molar-refractivity contribution in [3.8, 4) is 0 Å². The molecule has 14 heteroatoms. The molecule has 194 valence electrons. The molecule has 37 heavy (non-hydrogen) atoms. The summed E-state index contributed by atoms with van der Waals surface area (Å²) in [6.07, 6.45) is -3.40. The van der Waals surface area contributed by atoms with Crippen LogP contribution >= 0.6 is 0 Å². The maximum absolute atomic E-state index is 13.2. The summed E-state index contributed by atoms with van der Waals surface area (Å²) in [5, 5.41) is 11.5. The Morgan fingerprint density at radius 1 is 1.16 bits per heavy atom. The molecule has 1 aromatic carbocycles. The van der Waals surface area contributed by atoms with Crippen molar-refractivity contribution in [2.75, 3.05) is 24.2 Å². The molecule has 3 aromatic rings. The quantitative estimate of drug-likeness (QED) is 0.469. The lowest BCUT2D eigenvalue weighted by atomic mass is 10.1. The molecule has 1 aliphatic heterocycles. The van der Waals surface area contributed by atoms with Crippen molar-refractivity contribution in [1.82, 2.24) is 25.3 Å². The van der Waals surface area contributed by atoms with Gasteiger partial charge in [0.15, 0.2) is 0 Å². The van der Waals surface area contributed by atoms with Gasteiger partial charge in [0.25, 0.3) is 11.8 Å². The predicted octanol–water partition coefficient (Wildman–Crippen LogP) is 2.92. The predicted molar refractivity (Wildman–Crippen MR) is 124 cm³/mol. The Hall–Kier alpha value is -4.33. The van der Waals surface area contributed by atoms with Crippen LogP contribution in [0.4, 0.5) is 24.7 Å². The van der Waals surface area contributed by atoms with Gasteiger partial charge in [-0.05, 0) is 38.6 Å². The Kier molecular flexibility index (Phi) is 6.94. The highest BCUT2D eigenvalue weighted by Gasteiger charge is 2.33. The summed E-state index contributed by atoms with van der Waals surface area (Å²) in [6.45, 7) is 3.30. The molecule has 2 aromatic heterocycles. The van der Waals surface area contributed by atoms with Crippen LogP contribution in [-0.2, 0) is 17.5 Å². The summed E-state index contributed by atoms with van der Waals surface area (Å²) in [5.74, 6) is -1.66. The maximum Gasteiger partial charge on any atom is 0.416 e. The molecule has 1 atom stereocenters. The second-order valence-electron chi connectivity index (χ2n) is 8.56. The van der Waals surface area contributed by atoms with Gasteiger partial charge < -0.3 is 20.5 Å². The van der Waals surface area contributed by atoms with Gasteiger partial charge in [0.05, 0.1) is 18.2 Å². The molecule has 0 bridgehead atoms. The summed E-state index contributed by atoms with van der Waals surface area (Å²) in [6, 6.07) is 3.97. The number of benzene rings is 1. The number of aryl methyl sites for hydroxylation is 1. The first-order valence-electron chi connectivity index (χ1n) is 11.0. The van der Waals surface area contributed by atoms with E-state index in [0.29, 0.717) is 5.56 Å². The number of carbonyl (C=O) groups excluding carboxylic acids is 3. The number of carbonyl (C=O) groups is 3. The fraction of sp³-hybridized carbons (Fsp3) is 0.304. The molecular formula is C23H22F3N7O4. The Balaban J connectivity index is 1.46. The molecule has 0 saturated heterocycles. The highest BCUT2D eigenvalue weighted by atomic mass is 19.4. The number of nitrogens with zero attached hydrogens (tertiary/aromatic N) is 4. The monoisotopic (exact) mass is 517 g/mol. The van der Waals surface area contributed by atoms with Crippen molar-refractivity contribution in [1.29, 1.82) is 0 Å². The molecule has 3 N–H and O–H groups in total. The topological polar surface area (TPSA) is 142 Å². The standard InChI is InChI=1S/C23H22F3N7O4/c1-11-4-5-13(6-15(11)23(24,25)26)30-21(35)17-7-16(32-37-17)12(2)29-22(36)19-14-8-33(3)9-18(34)31-20(14)28-10-27-19/h4-7,10,12H,8-9H2,1-3H3,(H,29,36)(H,30,35)(H,27,28,31,34)/t12-/m1/s1. The minimum Gasteiger partial charge on any atom is -0.351 e. The van der Waals surface area contributed by atoms with Gasteiger partial charge >= 0.3 is 6.18 Å². The summed E-state index contributed by atoms with van der Waals surface area (Å²) in [5.41, 5.74) is -0.211. The van der Waals surface area contributed by atoms with Crippen LogP contribution in [-0.4, -0.2) is 51.3 Å². The van der Waals surface area contributed by atoms with E-state index in [4.69, 9.17) is 4.52 Å². The van der Waals surface area contributed by atoms with Gasteiger partial charge in [-0.3, -0.25) is 19.3 Å². The number of likely N-dealkylation sites (N-methyl/N-ethyl adjacent to an activating group) is 1. The van der Waals surface area contributed by atoms with Crippen molar-refractivity contribution in [2.45, 2.75) is 32.6 Å². The first kappa shape index (κ1) is 25.8. The van der Waals surface area contributed by atoms with E-state index < -0.39 is 29.6 Å². The molecule has 0 aliphatic carbocycles. The second kappa shape index (κ2) is 9.97. The van der Waals surface area contributed by atoms with Gasteiger partial charge in [-0.1, -0.05) is 11.2 Å². The fourth-order valence-corrected chi connectivity index (χ4v) is 3.74. The van der Waals surface area contributed by atoms with Crippen molar-refractivity contribution in [2.24, 2.45) is 0 Å². The largest absolute Gasteiger partial charge is 0.416 e. The second-order valence-corrected chi connectivity index (χ2v) is 8.56. The van der Waals surface area contributed by atoms with Gasteiger partial charge in [-0.2, -0.15) is 13.2 Å². The van der Waals surface area contributed by atoms with Crippen LogP contribution < -0.4 is 16.0 Å². The molecule has 0 spiro atoms. The number of alkyl halides is 3. The maximum atomic E-state index is 13.2. The first-order chi connectivity index (χ1) is 17.4. The van der Waals surface area contributed by atoms with Gasteiger partial charge in [-0.25, -0.2) is 9.97 Å². The molecule has 0 radical (unpaired) electrons. The SMILES string of the molecule is Cc1ccc(NC(=O)c2cc([C@@H](C)NC(=O)c3ncnc4c3CN(C)CC(=O)N4)no2)cc1C(F)(F)F. The van der Waals surface area contributed by atoms with Gasteiger partial charge in [-0.15, -0.1) is 0 Å². The third-order valence-corrected chi connectivity index (χ3v) is 5.60. The number of anilines is 2. The molecule has 0 unspecified atom stereocenters. The van der Waals surface area contributed by atoms with Gasteiger partial charge in [0, 0.05) is 23.9 Å². The number of hydrogen-bond donors (Lipinski definition) is 3. The summed E-state index contributed by atoms with van der Waals surface area (Å²) >= 11 is 0. The molecule has 1 aliphatic rings. The zero-order valence-corrected chi connectivity index (χ0v) is 19.9. The van der Waals surface area contributed by atoms with E-state index in [2.05, 4.69) is 31.1 Å². The van der Waals surface area contributed by atoms with Crippen LogP contribution in [0.1, 0.15) is 56.4 Å². The molecule has 3 amide bonds. The van der Waals surface area contributed by atoms with Crippen LogP contribution in [0.15, 0.2) is 35.1 Å². The fourth-order valence-electron chi connectivity index (χ4n) is 3.74. The minimum atomic E-state index is -4.57. The van der Waals surface area contributed by atoms with E-state index in [1.807, 2.05) is 0 Å². The van der Waals surface area contributed by atoms with E-state index in [0.717, 1.165) is 12.4 Å². The molecule has 3 heterocycles. The lowest BCUT2D eigenvalue weighted by molar-refractivity contribution is -0.138. The van der Waals surface area contributed by atoms with Crippen molar-refractivity contribution in [3.05, 3.63) is 64.4 Å². The smallest absolute Gasteiger partial charge is 0.351 e. The van der Waals surface area contributed by atoms with E-state index in [9.17, 15) is 27.6 Å². The van der Waals surface area contributed by atoms with Crippen LogP contribution in [0.2, 0.25) is 0 Å². The van der Waals surface area contributed by atoms with Crippen molar-refractivity contribution in [3.63, 3.8) is 0 Å². The zero-order valence-electron chi connectivity index (χ0n) is 19.9. The number of rotatable bonds is 5. The number of fused-ring (bicyclic) bond motifs is 1. The van der Waals surface area contributed by atoms with Gasteiger partial charge in [0.2, 0.25) is 11.7 Å². The third kappa shape index (κ3) is 5.74. The number of nitrogens with one attached hydrogen (secondary N) is 3. The van der Waals surface area contributed by atoms with Crippen LogP contribution in [0.3, 0.4) is 0 Å². The lowest BCUT2D eigenvalue weighted by Crippen LogP contribution is -2.30. The normalized spacial score (nSPS) is 14.8. The molecule has 0 saturated carbocycles. The highest BCUT2D eigenvalue weighted by Crippen LogP contribution is 2.33. The average molecular weight is 517 g/mol. The number of amides is 3. The molecule has 4 rings (SSSR count). The average Bonchev–Trinajstić information content (AvgIpc) is 3.25. The van der Waals surface area contributed by atoms with E-state index >= 15 is 0 Å². The minimum absolute atomic E-state index is 0.0200. The molecular weight excluding hydrogens is 495 g/mol. The Morgan fingerprint density at radius 3 is 2.65 bits per heavy atom.